The molecule has 0 aromatic heterocycles. The van der Waals surface area contributed by atoms with E-state index in [2.05, 4.69) is 5.32 Å². The number of nitrogens with zero attached hydrogens (tertiary/aromatic N) is 3. The van der Waals surface area contributed by atoms with Crippen molar-refractivity contribution in [2.24, 2.45) is 5.92 Å². The van der Waals surface area contributed by atoms with E-state index in [0.717, 1.165) is 8.61 Å². The van der Waals surface area contributed by atoms with E-state index in [-0.39, 0.29) is 18.4 Å². The standard InChI is InChI=1S/C24H32Cl2N4O4S/c1-17(2)14-27-24(32)18(3)29(15-19-11-12-21(25)22(26)13-19)23(31)16-30(35(33,34)28(4)5)20-9-7-6-8-10-20/h6-13,17-18H,14-16H2,1-5H3,(H,27,32)/t18-/m0/s1. The van der Waals surface area contributed by atoms with Gasteiger partial charge in [0, 0.05) is 27.2 Å². The summed E-state index contributed by atoms with van der Waals surface area (Å²) >= 11 is 12.2. The van der Waals surface area contributed by atoms with Crippen molar-refractivity contribution < 1.29 is 18.0 Å². The molecule has 2 rings (SSSR count). The van der Waals surface area contributed by atoms with Crippen molar-refractivity contribution in [2.75, 3.05) is 31.5 Å². The van der Waals surface area contributed by atoms with Gasteiger partial charge in [0.2, 0.25) is 11.8 Å². The van der Waals surface area contributed by atoms with Gasteiger partial charge >= 0.3 is 10.2 Å². The molecule has 2 aromatic rings. The van der Waals surface area contributed by atoms with Crippen molar-refractivity contribution in [3.8, 4) is 0 Å². The highest BCUT2D eigenvalue weighted by molar-refractivity contribution is 7.90. The Hall–Kier alpha value is -2.33. The lowest BCUT2D eigenvalue weighted by molar-refractivity contribution is -0.139. The maximum Gasteiger partial charge on any atom is 0.304 e. The molecule has 0 saturated heterocycles. The Labute approximate surface area is 218 Å². The molecule has 0 spiro atoms. The van der Waals surface area contributed by atoms with E-state index >= 15 is 0 Å². The van der Waals surface area contributed by atoms with E-state index in [4.69, 9.17) is 23.2 Å². The van der Waals surface area contributed by atoms with Crippen LogP contribution in [-0.2, 0) is 26.3 Å². The molecule has 0 aliphatic heterocycles. The van der Waals surface area contributed by atoms with Crippen molar-refractivity contribution in [2.45, 2.75) is 33.4 Å². The van der Waals surface area contributed by atoms with E-state index < -0.39 is 28.7 Å². The van der Waals surface area contributed by atoms with Crippen LogP contribution in [0.1, 0.15) is 26.3 Å². The second-order valence-electron chi connectivity index (χ2n) is 8.72. The average molecular weight is 544 g/mol. The Morgan fingerprint density at radius 1 is 0.971 bits per heavy atom. The monoisotopic (exact) mass is 542 g/mol. The molecule has 0 saturated carbocycles. The minimum absolute atomic E-state index is 0.0383. The van der Waals surface area contributed by atoms with Gasteiger partial charge in [-0.3, -0.25) is 9.59 Å². The Balaban J connectivity index is 2.42. The van der Waals surface area contributed by atoms with E-state index in [1.165, 1.54) is 19.0 Å². The zero-order valence-corrected chi connectivity index (χ0v) is 22.9. The van der Waals surface area contributed by atoms with Gasteiger partial charge in [-0.05, 0) is 42.7 Å². The lowest BCUT2D eigenvalue weighted by atomic mass is 10.1. The van der Waals surface area contributed by atoms with Crippen LogP contribution in [0.15, 0.2) is 48.5 Å². The highest BCUT2D eigenvalue weighted by Crippen LogP contribution is 2.24. The largest absolute Gasteiger partial charge is 0.354 e. The first kappa shape index (κ1) is 28.9. The topological polar surface area (TPSA) is 90.0 Å². The number of nitrogens with one attached hydrogen (secondary N) is 1. The quantitative estimate of drug-likeness (QED) is 0.467. The van der Waals surface area contributed by atoms with E-state index in [9.17, 15) is 18.0 Å². The Kier molecular flexibility index (Phi) is 10.4. The van der Waals surface area contributed by atoms with Gasteiger partial charge in [0.1, 0.15) is 12.6 Å². The van der Waals surface area contributed by atoms with E-state index in [1.54, 1.807) is 55.5 Å². The summed E-state index contributed by atoms with van der Waals surface area (Å²) in [5.74, 6) is -0.657. The second-order valence-corrected chi connectivity index (χ2v) is 11.6. The first-order valence-electron chi connectivity index (χ1n) is 11.1. The van der Waals surface area contributed by atoms with Crippen LogP contribution in [0, 0.1) is 5.92 Å². The molecule has 0 bridgehead atoms. The van der Waals surface area contributed by atoms with Gasteiger partial charge in [-0.15, -0.1) is 0 Å². The first-order chi connectivity index (χ1) is 16.3. The molecule has 0 heterocycles. The number of anilines is 1. The summed E-state index contributed by atoms with van der Waals surface area (Å²) < 4.78 is 28.2. The molecule has 0 aliphatic carbocycles. The molecule has 35 heavy (non-hydrogen) atoms. The van der Waals surface area contributed by atoms with Crippen molar-refractivity contribution in [3.63, 3.8) is 0 Å². The number of benzene rings is 2. The number of amides is 2. The van der Waals surface area contributed by atoms with Gasteiger partial charge in [-0.1, -0.05) is 61.3 Å². The fraction of sp³-hybridized carbons (Fsp3) is 0.417. The molecule has 2 aromatic carbocycles. The van der Waals surface area contributed by atoms with Crippen molar-refractivity contribution in [1.82, 2.24) is 14.5 Å². The molecule has 2 amide bonds. The molecule has 0 radical (unpaired) electrons. The van der Waals surface area contributed by atoms with Crippen LogP contribution in [0.2, 0.25) is 10.0 Å². The zero-order valence-electron chi connectivity index (χ0n) is 20.5. The van der Waals surface area contributed by atoms with Crippen molar-refractivity contribution in [1.29, 1.82) is 0 Å². The predicted octanol–water partition coefficient (Wildman–Crippen LogP) is 3.80. The summed E-state index contributed by atoms with van der Waals surface area (Å²) in [4.78, 5) is 27.8. The molecule has 1 atom stereocenters. The molecule has 0 aliphatic rings. The van der Waals surface area contributed by atoms with Crippen LogP contribution < -0.4 is 9.62 Å². The third-order valence-electron chi connectivity index (χ3n) is 5.25. The minimum atomic E-state index is -3.99. The minimum Gasteiger partial charge on any atom is -0.354 e. The number of carbonyl (C=O) groups excluding carboxylic acids is 2. The lowest BCUT2D eigenvalue weighted by Crippen LogP contribution is -2.52. The fourth-order valence-electron chi connectivity index (χ4n) is 3.18. The Bertz CT molecular complexity index is 1130. The highest BCUT2D eigenvalue weighted by Gasteiger charge is 2.32. The van der Waals surface area contributed by atoms with Crippen LogP contribution >= 0.6 is 23.2 Å². The summed E-state index contributed by atoms with van der Waals surface area (Å²) in [7, 11) is -1.21. The fourth-order valence-corrected chi connectivity index (χ4v) is 4.56. The third-order valence-corrected chi connectivity index (χ3v) is 7.81. The van der Waals surface area contributed by atoms with Crippen LogP contribution in [0.25, 0.3) is 0 Å². The molecule has 192 valence electrons. The summed E-state index contributed by atoms with van der Waals surface area (Å²) in [6, 6.07) is 12.4. The Morgan fingerprint density at radius 2 is 1.60 bits per heavy atom. The van der Waals surface area contributed by atoms with Crippen LogP contribution in [0.4, 0.5) is 5.69 Å². The first-order valence-corrected chi connectivity index (χ1v) is 13.3. The smallest absolute Gasteiger partial charge is 0.304 e. The number of halogens is 2. The second kappa shape index (κ2) is 12.6. The highest BCUT2D eigenvalue weighted by atomic mass is 35.5. The molecule has 0 fully saturated rings. The summed E-state index contributed by atoms with van der Waals surface area (Å²) in [6.07, 6.45) is 0. The zero-order chi connectivity index (χ0) is 26.3. The molecule has 1 N–H and O–H groups in total. The van der Waals surface area contributed by atoms with Crippen molar-refractivity contribution in [3.05, 3.63) is 64.1 Å². The SMILES string of the molecule is CC(C)CNC(=O)[C@H](C)N(Cc1ccc(Cl)c(Cl)c1)C(=O)CN(c1ccccc1)S(=O)(=O)N(C)C. The number of para-hydroxylation sites is 1. The van der Waals surface area contributed by atoms with Gasteiger partial charge in [0.15, 0.2) is 0 Å². The van der Waals surface area contributed by atoms with Gasteiger partial charge in [-0.2, -0.15) is 12.7 Å². The van der Waals surface area contributed by atoms with Gasteiger partial charge in [-0.25, -0.2) is 4.31 Å². The maximum atomic E-state index is 13.6. The maximum absolute atomic E-state index is 13.6. The van der Waals surface area contributed by atoms with E-state index in [0.29, 0.717) is 27.8 Å². The molecular formula is C24H32Cl2N4O4S. The summed E-state index contributed by atoms with van der Waals surface area (Å²) in [6.45, 7) is 5.53. The van der Waals surface area contributed by atoms with Gasteiger partial charge in [0.05, 0.1) is 15.7 Å². The number of carbonyl (C=O) groups is 2. The molecular weight excluding hydrogens is 511 g/mol. The molecule has 11 heteroatoms. The lowest BCUT2D eigenvalue weighted by Gasteiger charge is -2.33. The summed E-state index contributed by atoms with van der Waals surface area (Å²) in [5, 5.41) is 3.52. The van der Waals surface area contributed by atoms with Crippen LogP contribution in [0.3, 0.4) is 0 Å². The summed E-state index contributed by atoms with van der Waals surface area (Å²) in [5.41, 5.74) is 0.985. The van der Waals surface area contributed by atoms with E-state index in [1.807, 2.05) is 13.8 Å². The van der Waals surface area contributed by atoms with Gasteiger partial charge < -0.3 is 10.2 Å². The average Bonchev–Trinajstić information content (AvgIpc) is 2.81. The molecule has 8 nitrogen and oxygen atoms in total. The Morgan fingerprint density at radius 3 is 2.14 bits per heavy atom. The van der Waals surface area contributed by atoms with Gasteiger partial charge in [0.25, 0.3) is 0 Å². The number of hydrogen-bond donors (Lipinski definition) is 1. The normalized spacial score (nSPS) is 12.5. The molecule has 0 unspecified atom stereocenters. The number of rotatable bonds is 11. The number of hydrogen-bond acceptors (Lipinski definition) is 4. The van der Waals surface area contributed by atoms with Crippen molar-refractivity contribution >= 4 is 50.9 Å². The van der Waals surface area contributed by atoms with Crippen LogP contribution in [0.5, 0.6) is 0 Å². The van der Waals surface area contributed by atoms with Crippen LogP contribution in [-0.4, -0.2) is 62.7 Å². The third kappa shape index (κ3) is 7.83. The predicted molar refractivity (Wildman–Crippen MR) is 141 cm³/mol.